The summed E-state index contributed by atoms with van der Waals surface area (Å²) in [5, 5.41) is 0. The van der Waals surface area contributed by atoms with Gasteiger partial charge in [-0.1, -0.05) is 24.3 Å². The zero-order chi connectivity index (χ0) is 15.2. The number of benzene rings is 2. The van der Waals surface area contributed by atoms with Crippen LogP contribution >= 0.6 is 0 Å². The number of ether oxygens (including phenoxy) is 1. The second kappa shape index (κ2) is 7.11. The SMILES string of the molecule is CCOc1cccc(C(NN)c2cccc(N(C)C)c2)c1. The molecule has 0 aliphatic rings. The van der Waals surface area contributed by atoms with E-state index in [0.29, 0.717) is 6.61 Å². The standard InChI is InChI=1S/C17H23N3O/c1-4-21-16-10-6-8-14(12-16)17(19-18)13-7-5-9-15(11-13)20(2)3/h5-12,17,19H,4,18H2,1-3H3. The van der Waals surface area contributed by atoms with Gasteiger partial charge in [0.15, 0.2) is 0 Å². The Bertz CT molecular complexity index is 584. The largest absolute Gasteiger partial charge is 0.494 e. The maximum Gasteiger partial charge on any atom is 0.119 e. The Morgan fingerprint density at radius 1 is 1.10 bits per heavy atom. The molecule has 0 bridgehead atoms. The maximum atomic E-state index is 5.78. The molecule has 0 radical (unpaired) electrons. The van der Waals surface area contributed by atoms with Crippen molar-refractivity contribution in [3.63, 3.8) is 0 Å². The molecule has 0 aromatic heterocycles. The van der Waals surface area contributed by atoms with E-state index >= 15 is 0 Å². The number of nitrogens with two attached hydrogens (primary N) is 1. The molecule has 0 heterocycles. The Kier molecular flexibility index (Phi) is 5.20. The van der Waals surface area contributed by atoms with Crippen LogP contribution in [0.25, 0.3) is 0 Å². The number of nitrogens with one attached hydrogen (secondary N) is 1. The van der Waals surface area contributed by atoms with Crippen molar-refractivity contribution in [3.05, 3.63) is 59.7 Å². The summed E-state index contributed by atoms with van der Waals surface area (Å²) in [5.41, 5.74) is 6.25. The molecule has 0 saturated heterocycles. The smallest absolute Gasteiger partial charge is 0.119 e. The van der Waals surface area contributed by atoms with Gasteiger partial charge in [0.25, 0.3) is 0 Å². The van der Waals surface area contributed by atoms with Crippen LogP contribution in [0.3, 0.4) is 0 Å². The van der Waals surface area contributed by atoms with Gasteiger partial charge in [-0.3, -0.25) is 5.84 Å². The van der Waals surface area contributed by atoms with Gasteiger partial charge >= 0.3 is 0 Å². The van der Waals surface area contributed by atoms with Crippen LogP contribution in [0.1, 0.15) is 24.1 Å². The van der Waals surface area contributed by atoms with E-state index in [2.05, 4.69) is 34.6 Å². The molecule has 21 heavy (non-hydrogen) atoms. The summed E-state index contributed by atoms with van der Waals surface area (Å²) in [6.45, 7) is 2.63. The minimum Gasteiger partial charge on any atom is -0.494 e. The zero-order valence-electron chi connectivity index (χ0n) is 12.8. The van der Waals surface area contributed by atoms with E-state index in [1.807, 2.05) is 45.3 Å². The van der Waals surface area contributed by atoms with E-state index in [1.54, 1.807) is 0 Å². The number of hydrazine groups is 1. The maximum absolute atomic E-state index is 5.78. The molecule has 2 aromatic rings. The molecule has 2 rings (SSSR count). The van der Waals surface area contributed by atoms with Crippen molar-refractivity contribution in [2.45, 2.75) is 13.0 Å². The Labute approximate surface area is 126 Å². The highest BCUT2D eigenvalue weighted by molar-refractivity contribution is 5.49. The lowest BCUT2D eigenvalue weighted by Gasteiger charge is -2.20. The number of nitrogens with zero attached hydrogens (tertiary/aromatic N) is 1. The van der Waals surface area contributed by atoms with Crippen molar-refractivity contribution < 1.29 is 4.74 Å². The van der Waals surface area contributed by atoms with E-state index in [1.165, 1.54) is 0 Å². The van der Waals surface area contributed by atoms with Crippen molar-refractivity contribution in [1.29, 1.82) is 0 Å². The first-order valence-electron chi connectivity index (χ1n) is 7.12. The summed E-state index contributed by atoms with van der Waals surface area (Å²) in [5.74, 6) is 6.64. The molecule has 0 aliphatic heterocycles. The van der Waals surface area contributed by atoms with Gasteiger partial charge in [-0.05, 0) is 42.3 Å². The summed E-state index contributed by atoms with van der Waals surface area (Å²) in [6.07, 6.45) is 0. The van der Waals surface area contributed by atoms with Gasteiger partial charge in [-0.2, -0.15) is 0 Å². The average molecular weight is 285 g/mol. The van der Waals surface area contributed by atoms with E-state index < -0.39 is 0 Å². The third-order valence-corrected chi connectivity index (χ3v) is 3.39. The summed E-state index contributed by atoms with van der Waals surface area (Å²) < 4.78 is 5.56. The van der Waals surface area contributed by atoms with Gasteiger partial charge in [0.2, 0.25) is 0 Å². The topological polar surface area (TPSA) is 50.5 Å². The minimum absolute atomic E-state index is 0.0645. The van der Waals surface area contributed by atoms with Crippen LogP contribution in [0, 0.1) is 0 Å². The van der Waals surface area contributed by atoms with Gasteiger partial charge in [-0.25, -0.2) is 5.43 Å². The predicted molar refractivity (Wildman–Crippen MR) is 87.5 cm³/mol. The Hall–Kier alpha value is -2.04. The number of anilines is 1. The summed E-state index contributed by atoms with van der Waals surface area (Å²) in [4.78, 5) is 2.08. The van der Waals surface area contributed by atoms with Gasteiger partial charge in [0, 0.05) is 19.8 Å². The van der Waals surface area contributed by atoms with Gasteiger partial charge < -0.3 is 9.64 Å². The second-order valence-electron chi connectivity index (χ2n) is 5.09. The lowest BCUT2D eigenvalue weighted by Crippen LogP contribution is -2.29. The van der Waals surface area contributed by atoms with Crippen molar-refractivity contribution in [1.82, 2.24) is 5.43 Å². The normalized spacial score (nSPS) is 12.0. The first-order chi connectivity index (χ1) is 10.2. The fourth-order valence-electron chi connectivity index (χ4n) is 2.32. The van der Waals surface area contributed by atoms with Crippen LogP contribution in [0.5, 0.6) is 5.75 Å². The van der Waals surface area contributed by atoms with Crippen LogP contribution in [0.2, 0.25) is 0 Å². The summed E-state index contributed by atoms with van der Waals surface area (Å²) >= 11 is 0. The molecule has 4 heteroatoms. The molecule has 0 saturated carbocycles. The van der Waals surface area contributed by atoms with E-state index in [9.17, 15) is 0 Å². The summed E-state index contributed by atoms with van der Waals surface area (Å²) in [7, 11) is 4.05. The monoisotopic (exact) mass is 285 g/mol. The van der Waals surface area contributed by atoms with Crippen molar-refractivity contribution >= 4 is 5.69 Å². The average Bonchev–Trinajstić information content (AvgIpc) is 2.49. The molecule has 2 aromatic carbocycles. The third kappa shape index (κ3) is 3.74. The lowest BCUT2D eigenvalue weighted by molar-refractivity contribution is 0.339. The highest BCUT2D eigenvalue weighted by Gasteiger charge is 2.14. The molecule has 0 aliphatic carbocycles. The molecule has 4 nitrogen and oxygen atoms in total. The molecule has 1 atom stereocenters. The molecule has 112 valence electrons. The van der Waals surface area contributed by atoms with Crippen LogP contribution in [-0.4, -0.2) is 20.7 Å². The number of hydrogen-bond donors (Lipinski definition) is 2. The highest BCUT2D eigenvalue weighted by atomic mass is 16.5. The van der Waals surface area contributed by atoms with Crippen LogP contribution in [-0.2, 0) is 0 Å². The van der Waals surface area contributed by atoms with Crippen molar-refractivity contribution in [3.8, 4) is 5.75 Å². The lowest BCUT2D eigenvalue weighted by atomic mass is 9.98. The highest BCUT2D eigenvalue weighted by Crippen LogP contribution is 2.27. The second-order valence-corrected chi connectivity index (χ2v) is 5.09. The molecule has 1 unspecified atom stereocenters. The number of hydrogen-bond acceptors (Lipinski definition) is 4. The first kappa shape index (κ1) is 15.4. The van der Waals surface area contributed by atoms with Gasteiger partial charge in [0.1, 0.15) is 5.75 Å². The predicted octanol–water partition coefficient (Wildman–Crippen LogP) is 2.70. The minimum atomic E-state index is -0.0645. The first-order valence-corrected chi connectivity index (χ1v) is 7.12. The Morgan fingerprint density at radius 2 is 1.76 bits per heavy atom. The van der Waals surface area contributed by atoms with Crippen molar-refractivity contribution in [2.75, 3.05) is 25.6 Å². The Balaban J connectivity index is 2.35. The molecule has 0 fully saturated rings. The fourth-order valence-corrected chi connectivity index (χ4v) is 2.32. The Morgan fingerprint density at radius 3 is 2.38 bits per heavy atom. The van der Waals surface area contributed by atoms with Crippen LogP contribution < -0.4 is 20.9 Å². The third-order valence-electron chi connectivity index (χ3n) is 3.39. The molecule has 0 amide bonds. The molecule has 3 N–H and O–H groups in total. The van der Waals surface area contributed by atoms with E-state index in [-0.39, 0.29) is 6.04 Å². The van der Waals surface area contributed by atoms with Crippen molar-refractivity contribution in [2.24, 2.45) is 5.84 Å². The molecule has 0 spiro atoms. The molecular formula is C17H23N3O. The fraction of sp³-hybridized carbons (Fsp3) is 0.294. The van der Waals surface area contributed by atoms with E-state index in [0.717, 1.165) is 22.6 Å². The van der Waals surface area contributed by atoms with Crippen LogP contribution in [0.15, 0.2) is 48.5 Å². The van der Waals surface area contributed by atoms with Crippen LogP contribution in [0.4, 0.5) is 5.69 Å². The molecular weight excluding hydrogens is 262 g/mol. The van der Waals surface area contributed by atoms with E-state index in [4.69, 9.17) is 10.6 Å². The van der Waals surface area contributed by atoms with Gasteiger partial charge in [0.05, 0.1) is 12.6 Å². The summed E-state index contributed by atoms with van der Waals surface area (Å²) in [6, 6.07) is 16.3. The van der Waals surface area contributed by atoms with Gasteiger partial charge in [-0.15, -0.1) is 0 Å². The number of rotatable bonds is 6. The zero-order valence-corrected chi connectivity index (χ0v) is 12.8. The quantitative estimate of drug-likeness (QED) is 0.633.